The van der Waals surface area contributed by atoms with Crippen molar-refractivity contribution in [2.24, 2.45) is 11.8 Å². The Morgan fingerprint density at radius 2 is 1.68 bits per heavy atom. The second-order valence-corrected chi connectivity index (χ2v) is 7.38. The lowest BCUT2D eigenvalue weighted by Crippen LogP contribution is -2.40. The summed E-state index contributed by atoms with van der Waals surface area (Å²) in [6.07, 6.45) is 2.42. The molecule has 142 valence electrons. The van der Waals surface area contributed by atoms with Crippen molar-refractivity contribution >= 4 is 24.8 Å². The van der Waals surface area contributed by atoms with Crippen LogP contribution in [0.5, 0.6) is 5.75 Å². The Morgan fingerprint density at radius 3 is 2.32 bits per heavy atom. The SMILES string of the molecule is COc1ccc([C@H]2[C@@H]3CN(C4CCOCC4)C[C@@H]3CN2C)cc1.Cl.Cl. The summed E-state index contributed by atoms with van der Waals surface area (Å²) < 4.78 is 10.8. The third-order valence-corrected chi connectivity index (χ3v) is 6.09. The fourth-order valence-electron chi connectivity index (χ4n) is 4.94. The van der Waals surface area contributed by atoms with E-state index in [0.717, 1.165) is 36.8 Å². The number of methoxy groups -OCH3 is 1. The number of hydrogen-bond acceptors (Lipinski definition) is 4. The van der Waals surface area contributed by atoms with Gasteiger partial charge < -0.3 is 9.47 Å². The summed E-state index contributed by atoms with van der Waals surface area (Å²) in [6, 6.07) is 9.99. The van der Waals surface area contributed by atoms with E-state index >= 15 is 0 Å². The van der Waals surface area contributed by atoms with Gasteiger partial charge in [-0.2, -0.15) is 0 Å². The second kappa shape index (κ2) is 8.92. The van der Waals surface area contributed by atoms with Crippen LogP contribution >= 0.6 is 24.8 Å². The van der Waals surface area contributed by atoms with E-state index < -0.39 is 0 Å². The maximum absolute atomic E-state index is 5.54. The van der Waals surface area contributed by atoms with Crippen molar-refractivity contribution in [1.29, 1.82) is 0 Å². The smallest absolute Gasteiger partial charge is 0.118 e. The third-order valence-electron chi connectivity index (χ3n) is 6.09. The molecular formula is C19H30Cl2N2O2. The van der Waals surface area contributed by atoms with E-state index in [1.165, 1.54) is 38.0 Å². The fourth-order valence-corrected chi connectivity index (χ4v) is 4.94. The molecule has 3 fully saturated rings. The predicted molar refractivity (Wildman–Crippen MR) is 105 cm³/mol. The molecule has 0 radical (unpaired) electrons. The highest BCUT2D eigenvalue weighted by molar-refractivity contribution is 5.85. The minimum absolute atomic E-state index is 0. The molecule has 1 aromatic rings. The zero-order valence-electron chi connectivity index (χ0n) is 15.1. The summed E-state index contributed by atoms with van der Waals surface area (Å²) in [5.41, 5.74) is 1.44. The minimum atomic E-state index is 0. The zero-order chi connectivity index (χ0) is 15.8. The van der Waals surface area contributed by atoms with Gasteiger partial charge in [-0.3, -0.25) is 9.80 Å². The predicted octanol–water partition coefficient (Wildman–Crippen LogP) is 3.25. The molecule has 4 rings (SSSR count). The first-order valence-corrected chi connectivity index (χ1v) is 8.92. The van der Waals surface area contributed by atoms with Crippen molar-refractivity contribution in [3.05, 3.63) is 29.8 Å². The molecule has 0 saturated carbocycles. The van der Waals surface area contributed by atoms with Crippen LogP contribution in [0.3, 0.4) is 0 Å². The van der Waals surface area contributed by atoms with E-state index in [1.807, 2.05) is 0 Å². The topological polar surface area (TPSA) is 24.9 Å². The molecule has 0 unspecified atom stereocenters. The molecular weight excluding hydrogens is 359 g/mol. The standard InChI is InChI=1S/C19H28N2O2.2ClH/c1-20-11-15-12-21(16-7-9-23-10-8-16)13-18(15)19(20)14-3-5-17(22-2)6-4-14;;/h3-6,15-16,18-19H,7-13H2,1-2H3;2*1H/t15-,18+,19-;;/m0../s1. The van der Waals surface area contributed by atoms with Crippen LogP contribution in [-0.2, 0) is 4.74 Å². The van der Waals surface area contributed by atoms with Crippen molar-refractivity contribution in [3.8, 4) is 5.75 Å². The van der Waals surface area contributed by atoms with Crippen molar-refractivity contribution in [1.82, 2.24) is 9.80 Å². The molecule has 3 atom stereocenters. The summed E-state index contributed by atoms with van der Waals surface area (Å²) >= 11 is 0. The Bertz CT molecular complexity index is 537. The van der Waals surface area contributed by atoms with E-state index in [-0.39, 0.29) is 24.8 Å². The van der Waals surface area contributed by atoms with Crippen LogP contribution in [0.25, 0.3) is 0 Å². The van der Waals surface area contributed by atoms with Gasteiger partial charge in [-0.1, -0.05) is 12.1 Å². The lowest BCUT2D eigenvalue weighted by Gasteiger charge is -2.33. The Labute approximate surface area is 163 Å². The number of likely N-dealkylation sites (tertiary alicyclic amines) is 2. The van der Waals surface area contributed by atoms with Crippen molar-refractivity contribution in [3.63, 3.8) is 0 Å². The molecule has 3 aliphatic rings. The quantitative estimate of drug-likeness (QED) is 0.793. The molecule has 0 N–H and O–H groups in total. The molecule has 3 heterocycles. The fraction of sp³-hybridized carbons (Fsp3) is 0.684. The van der Waals surface area contributed by atoms with Gasteiger partial charge in [0.1, 0.15) is 5.75 Å². The normalized spacial score (nSPS) is 30.4. The van der Waals surface area contributed by atoms with E-state index in [9.17, 15) is 0 Å². The summed E-state index contributed by atoms with van der Waals surface area (Å²) in [7, 11) is 4.02. The summed E-state index contributed by atoms with van der Waals surface area (Å²) in [5, 5.41) is 0. The highest BCUT2D eigenvalue weighted by Crippen LogP contribution is 2.45. The highest BCUT2D eigenvalue weighted by atomic mass is 35.5. The van der Waals surface area contributed by atoms with Crippen LogP contribution in [0, 0.1) is 11.8 Å². The van der Waals surface area contributed by atoms with Gasteiger partial charge in [0.15, 0.2) is 0 Å². The van der Waals surface area contributed by atoms with Gasteiger partial charge >= 0.3 is 0 Å². The van der Waals surface area contributed by atoms with Crippen LogP contribution in [0.15, 0.2) is 24.3 Å². The Balaban J connectivity index is 0.00000113. The minimum Gasteiger partial charge on any atom is -0.497 e. The highest BCUT2D eigenvalue weighted by Gasteiger charge is 2.47. The number of halogens is 2. The van der Waals surface area contributed by atoms with Gasteiger partial charge in [0, 0.05) is 44.9 Å². The molecule has 0 aliphatic carbocycles. The van der Waals surface area contributed by atoms with Gasteiger partial charge in [0.2, 0.25) is 0 Å². The number of fused-ring (bicyclic) bond motifs is 1. The van der Waals surface area contributed by atoms with Gasteiger partial charge in [-0.15, -0.1) is 24.8 Å². The largest absolute Gasteiger partial charge is 0.497 e. The number of rotatable bonds is 3. The monoisotopic (exact) mass is 388 g/mol. The number of benzene rings is 1. The van der Waals surface area contributed by atoms with Crippen molar-refractivity contribution in [2.75, 3.05) is 47.0 Å². The molecule has 0 aromatic heterocycles. The molecule has 3 saturated heterocycles. The van der Waals surface area contributed by atoms with Gasteiger partial charge in [0.25, 0.3) is 0 Å². The average molecular weight is 389 g/mol. The molecule has 0 bridgehead atoms. The Morgan fingerprint density at radius 1 is 1.00 bits per heavy atom. The lowest BCUT2D eigenvalue weighted by molar-refractivity contribution is 0.0374. The molecule has 25 heavy (non-hydrogen) atoms. The van der Waals surface area contributed by atoms with Crippen molar-refractivity contribution < 1.29 is 9.47 Å². The zero-order valence-corrected chi connectivity index (χ0v) is 16.7. The summed E-state index contributed by atoms with van der Waals surface area (Å²) in [4.78, 5) is 5.31. The average Bonchev–Trinajstić information content (AvgIpc) is 3.12. The third kappa shape index (κ3) is 4.09. The van der Waals surface area contributed by atoms with E-state index in [4.69, 9.17) is 9.47 Å². The van der Waals surface area contributed by atoms with E-state index in [2.05, 4.69) is 41.1 Å². The molecule has 0 spiro atoms. The Kier molecular flexibility index (Phi) is 7.41. The van der Waals surface area contributed by atoms with Gasteiger partial charge in [-0.05, 0) is 49.4 Å². The molecule has 4 nitrogen and oxygen atoms in total. The second-order valence-electron chi connectivity index (χ2n) is 7.38. The Hall–Kier alpha value is -0.520. The van der Waals surface area contributed by atoms with Crippen LogP contribution in [0.2, 0.25) is 0 Å². The first-order chi connectivity index (χ1) is 11.3. The first kappa shape index (κ1) is 20.8. The maximum atomic E-state index is 5.54. The van der Waals surface area contributed by atoms with Gasteiger partial charge in [0.05, 0.1) is 7.11 Å². The van der Waals surface area contributed by atoms with Crippen LogP contribution in [0.4, 0.5) is 0 Å². The molecule has 3 aliphatic heterocycles. The van der Waals surface area contributed by atoms with Crippen LogP contribution < -0.4 is 4.74 Å². The summed E-state index contributed by atoms with van der Waals surface area (Å²) in [5.74, 6) is 2.52. The van der Waals surface area contributed by atoms with E-state index in [1.54, 1.807) is 7.11 Å². The van der Waals surface area contributed by atoms with Gasteiger partial charge in [-0.25, -0.2) is 0 Å². The number of nitrogens with zero attached hydrogens (tertiary/aromatic N) is 2. The molecule has 0 amide bonds. The number of hydrogen-bond donors (Lipinski definition) is 0. The molecule has 1 aromatic carbocycles. The molecule has 6 heteroatoms. The first-order valence-electron chi connectivity index (χ1n) is 8.92. The number of ether oxygens (including phenoxy) is 2. The van der Waals surface area contributed by atoms with Crippen LogP contribution in [0.1, 0.15) is 24.4 Å². The van der Waals surface area contributed by atoms with E-state index in [0.29, 0.717) is 6.04 Å². The summed E-state index contributed by atoms with van der Waals surface area (Å²) in [6.45, 7) is 5.63. The lowest BCUT2D eigenvalue weighted by atomic mass is 9.89. The maximum Gasteiger partial charge on any atom is 0.118 e. The van der Waals surface area contributed by atoms with Crippen LogP contribution in [-0.4, -0.2) is 62.8 Å². The van der Waals surface area contributed by atoms with Crippen molar-refractivity contribution in [2.45, 2.75) is 24.9 Å².